The Morgan fingerprint density at radius 3 is 2.82 bits per heavy atom. The molecule has 0 radical (unpaired) electrons. The molecule has 1 aliphatic heterocycles. The Balaban J connectivity index is 1.63. The Morgan fingerprint density at radius 1 is 1.25 bits per heavy atom. The topological polar surface area (TPSA) is 78.5 Å². The second kappa shape index (κ2) is 8.76. The van der Waals surface area contributed by atoms with Crippen molar-refractivity contribution >= 4 is 17.8 Å². The monoisotopic (exact) mass is 385 g/mol. The fourth-order valence-electron chi connectivity index (χ4n) is 4.37. The summed E-state index contributed by atoms with van der Waals surface area (Å²) in [6.45, 7) is 3.91. The summed E-state index contributed by atoms with van der Waals surface area (Å²) in [7, 11) is 0. The van der Waals surface area contributed by atoms with E-state index in [1.807, 2.05) is 31.2 Å². The summed E-state index contributed by atoms with van der Waals surface area (Å²) in [6.07, 6.45) is 7.81. The van der Waals surface area contributed by atoms with E-state index in [1.165, 1.54) is 12.8 Å². The van der Waals surface area contributed by atoms with Crippen molar-refractivity contribution in [2.24, 2.45) is 0 Å². The van der Waals surface area contributed by atoms with Crippen molar-refractivity contribution in [1.82, 2.24) is 15.5 Å². The van der Waals surface area contributed by atoms with E-state index in [-0.39, 0.29) is 24.4 Å². The summed E-state index contributed by atoms with van der Waals surface area (Å²) in [5, 5.41) is 5.81. The highest BCUT2D eigenvalue weighted by Gasteiger charge is 2.54. The number of hydrogen-bond acceptors (Lipinski definition) is 3. The number of aryl methyl sites for hydroxylation is 1. The van der Waals surface area contributed by atoms with Gasteiger partial charge in [-0.05, 0) is 43.7 Å². The van der Waals surface area contributed by atoms with Crippen molar-refractivity contribution in [3.8, 4) is 0 Å². The first kappa shape index (κ1) is 20.4. The maximum Gasteiger partial charge on any atom is 0.325 e. The molecule has 4 amide bonds. The molecular formula is C22H31N3O3. The second-order valence-electron chi connectivity index (χ2n) is 8.06. The molecule has 6 nitrogen and oxygen atoms in total. The number of rotatable bonds is 8. The van der Waals surface area contributed by atoms with Crippen molar-refractivity contribution < 1.29 is 14.4 Å². The molecule has 1 aliphatic carbocycles. The van der Waals surface area contributed by atoms with Crippen LogP contribution in [0.15, 0.2) is 24.3 Å². The van der Waals surface area contributed by atoms with Crippen LogP contribution in [0.4, 0.5) is 4.79 Å². The minimum atomic E-state index is -1.02. The van der Waals surface area contributed by atoms with Gasteiger partial charge in [0.05, 0.1) is 0 Å². The van der Waals surface area contributed by atoms with Crippen LogP contribution < -0.4 is 10.6 Å². The standard InChI is InChI=1S/C22H31N3O3/c1-3-4-5-6-10-16(2)23-19(26)15-25-20(27)22(24-21(25)28)14-9-12-17-11-7-8-13-18(17)22/h7-8,11,13,16H,3-6,9-10,12,14-15H2,1-2H3,(H,23,26)(H,24,28)/t16-,22+/m1/s1. The number of urea groups is 1. The van der Waals surface area contributed by atoms with E-state index in [0.29, 0.717) is 6.42 Å². The smallest absolute Gasteiger partial charge is 0.325 e. The lowest BCUT2D eigenvalue weighted by Gasteiger charge is -2.33. The van der Waals surface area contributed by atoms with Crippen LogP contribution in [0.3, 0.4) is 0 Å². The van der Waals surface area contributed by atoms with Crippen LogP contribution in [0, 0.1) is 0 Å². The fourth-order valence-corrected chi connectivity index (χ4v) is 4.37. The molecule has 1 saturated heterocycles. The van der Waals surface area contributed by atoms with Gasteiger partial charge in [-0.2, -0.15) is 0 Å². The maximum absolute atomic E-state index is 13.2. The van der Waals surface area contributed by atoms with Gasteiger partial charge >= 0.3 is 6.03 Å². The minimum absolute atomic E-state index is 0.0366. The van der Waals surface area contributed by atoms with Gasteiger partial charge in [-0.15, -0.1) is 0 Å². The van der Waals surface area contributed by atoms with Gasteiger partial charge in [0.2, 0.25) is 5.91 Å². The third-order valence-electron chi connectivity index (χ3n) is 5.85. The number of benzene rings is 1. The Morgan fingerprint density at radius 2 is 2.04 bits per heavy atom. The van der Waals surface area contributed by atoms with E-state index < -0.39 is 11.6 Å². The van der Waals surface area contributed by atoms with Crippen molar-refractivity contribution in [2.45, 2.75) is 76.8 Å². The molecular weight excluding hydrogens is 354 g/mol. The minimum Gasteiger partial charge on any atom is -0.352 e. The van der Waals surface area contributed by atoms with Crippen molar-refractivity contribution in [3.05, 3.63) is 35.4 Å². The summed E-state index contributed by atoms with van der Waals surface area (Å²) >= 11 is 0. The molecule has 0 bridgehead atoms. The third-order valence-corrected chi connectivity index (χ3v) is 5.85. The molecule has 1 aromatic carbocycles. The predicted molar refractivity (Wildman–Crippen MR) is 108 cm³/mol. The summed E-state index contributed by atoms with van der Waals surface area (Å²) in [5.41, 5.74) is 0.944. The molecule has 1 fully saturated rings. The molecule has 152 valence electrons. The normalized spacial score (nSPS) is 22.1. The van der Waals surface area contributed by atoms with Gasteiger partial charge in [-0.25, -0.2) is 4.79 Å². The maximum atomic E-state index is 13.2. The molecule has 1 aromatic rings. The molecule has 2 atom stereocenters. The average Bonchev–Trinajstić information content (AvgIpc) is 2.90. The van der Waals surface area contributed by atoms with Crippen molar-refractivity contribution in [2.75, 3.05) is 6.54 Å². The summed E-state index contributed by atoms with van der Waals surface area (Å²) < 4.78 is 0. The number of carbonyl (C=O) groups is 3. The molecule has 3 rings (SSSR count). The number of carbonyl (C=O) groups excluding carboxylic acids is 3. The zero-order valence-electron chi connectivity index (χ0n) is 16.9. The summed E-state index contributed by atoms with van der Waals surface area (Å²) in [6, 6.07) is 7.31. The van der Waals surface area contributed by atoms with Crippen LogP contribution in [0.2, 0.25) is 0 Å². The largest absolute Gasteiger partial charge is 0.352 e. The van der Waals surface area contributed by atoms with E-state index in [1.54, 1.807) is 0 Å². The Hall–Kier alpha value is -2.37. The first-order valence-corrected chi connectivity index (χ1v) is 10.5. The van der Waals surface area contributed by atoms with Crippen molar-refractivity contribution in [3.63, 3.8) is 0 Å². The molecule has 1 heterocycles. The quantitative estimate of drug-likeness (QED) is 0.533. The number of unbranched alkanes of at least 4 members (excludes halogenated alkanes) is 3. The Kier molecular flexibility index (Phi) is 6.37. The van der Waals surface area contributed by atoms with Crippen LogP contribution in [0.5, 0.6) is 0 Å². The molecule has 2 N–H and O–H groups in total. The molecule has 0 saturated carbocycles. The predicted octanol–water partition coefficient (Wildman–Crippen LogP) is 3.25. The second-order valence-corrected chi connectivity index (χ2v) is 8.06. The number of fused-ring (bicyclic) bond motifs is 2. The average molecular weight is 386 g/mol. The number of nitrogens with zero attached hydrogens (tertiary/aromatic N) is 1. The number of nitrogens with one attached hydrogen (secondary N) is 2. The van der Waals surface area contributed by atoms with Crippen LogP contribution in [-0.2, 0) is 21.5 Å². The molecule has 0 aromatic heterocycles. The lowest BCUT2D eigenvalue weighted by molar-refractivity contribution is -0.135. The highest BCUT2D eigenvalue weighted by atomic mass is 16.2. The van der Waals surface area contributed by atoms with Gasteiger partial charge in [-0.1, -0.05) is 56.9 Å². The first-order valence-electron chi connectivity index (χ1n) is 10.5. The van der Waals surface area contributed by atoms with Gasteiger partial charge in [0.1, 0.15) is 12.1 Å². The summed E-state index contributed by atoms with van der Waals surface area (Å²) in [5.74, 6) is -0.594. The zero-order chi connectivity index (χ0) is 20.1. The zero-order valence-corrected chi connectivity index (χ0v) is 16.9. The van der Waals surface area contributed by atoms with Crippen LogP contribution in [0.25, 0.3) is 0 Å². The highest BCUT2D eigenvalue weighted by molar-refractivity contribution is 6.09. The Labute approximate surface area is 167 Å². The van der Waals surface area contributed by atoms with E-state index >= 15 is 0 Å². The van der Waals surface area contributed by atoms with E-state index in [9.17, 15) is 14.4 Å². The lowest BCUT2D eigenvalue weighted by Crippen LogP contribution is -2.47. The molecule has 6 heteroatoms. The number of imide groups is 1. The van der Waals surface area contributed by atoms with Crippen LogP contribution in [-0.4, -0.2) is 35.3 Å². The SMILES string of the molecule is CCCCCC[C@@H](C)NC(=O)CN1C(=O)N[C@]2(CCCc3ccccc32)C1=O. The van der Waals surface area contributed by atoms with Gasteiger partial charge in [0.15, 0.2) is 0 Å². The fraction of sp³-hybridized carbons (Fsp3) is 0.591. The number of amides is 4. The van der Waals surface area contributed by atoms with E-state index in [0.717, 1.165) is 48.1 Å². The van der Waals surface area contributed by atoms with Gasteiger partial charge < -0.3 is 10.6 Å². The van der Waals surface area contributed by atoms with Gasteiger partial charge in [-0.3, -0.25) is 14.5 Å². The van der Waals surface area contributed by atoms with E-state index in [4.69, 9.17) is 0 Å². The highest BCUT2D eigenvalue weighted by Crippen LogP contribution is 2.39. The van der Waals surface area contributed by atoms with Crippen LogP contribution in [0.1, 0.15) is 69.9 Å². The van der Waals surface area contributed by atoms with Crippen molar-refractivity contribution in [1.29, 1.82) is 0 Å². The van der Waals surface area contributed by atoms with Gasteiger partial charge in [0.25, 0.3) is 5.91 Å². The third kappa shape index (κ3) is 4.05. The molecule has 2 aliphatic rings. The molecule has 1 spiro atoms. The number of hydrogen-bond donors (Lipinski definition) is 2. The Bertz CT molecular complexity index is 748. The lowest BCUT2D eigenvalue weighted by atomic mass is 9.76. The first-order chi connectivity index (χ1) is 13.5. The van der Waals surface area contributed by atoms with Gasteiger partial charge in [0, 0.05) is 6.04 Å². The van der Waals surface area contributed by atoms with Crippen LogP contribution >= 0.6 is 0 Å². The molecule has 0 unspecified atom stereocenters. The summed E-state index contributed by atoms with van der Waals surface area (Å²) in [4.78, 5) is 39.2. The molecule has 28 heavy (non-hydrogen) atoms. The van der Waals surface area contributed by atoms with E-state index in [2.05, 4.69) is 17.6 Å².